The van der Waals surface area contributed by atoms with E-state index in [1.807, 2.05) is 7.05 Å². The highest BCUT2D eigenvalue weighted by atomic mass is 16.2. The maximum Gasteiger partial charge on any atom is 0.222 e. The SMILES string of the molecule is CCCN(C)C(=O)CCCCO. The molecular weight excluding hydrogens is 154 g/mol. The molecule has 0 aliphatic heterocycles. The normalized spacial score (nSPS) is 9.92. The molecule has 0 aromatic heterocycles. The number of carbonyl (C=O) groups excluding carboxylic acids is 1. The van der Waals surface area contributed by atoms with Crippen molar-refractivity contribution in [3.8, 4) is 0 Å². The van der Waals surface area contributed by atoms with Gasteiger partial charge in [-0.2, -0.15) is 0 Å². The van der Waals surface area contributed by atoms with Gasteiger partial charge in [0.2, 0.25) is 5.91 Å². The first-order valence-electron chi connectivity index (χ1n) is 4.57. The minimum absolute atomic E-state index is 0.185. The number of unbranched alkanes of at least 4 members (excludes halogenated alkanes) is 1. The molecule has 0 aliphatic carbocycles. The van der Waals surface area contributed by atoms with Gasteiger partial charge >= 0.3 is 0 Å². The molecule has 0 fully saturated rings. The first kappa shape index (κ1) is 11.4. The quantitative estimate of drug-likeness (QED) is 0.609. The predicted octanol–water partition coefficient (Wildman–Crippen LogP) is 1.02. The second-order valence-electron chi connectivity index (χ2n) is 3.00. The fourth-order valence-electron chi connectivity index (χ4n) is 1.04. The summed E-state index contributed by atoms with van der Waals surface area (Å²) < 4.78 is 0. The fraction of sp³-hybridized carbons (Fsp3) is 0.889. The number of nitrogens with zero attached hydrogens (tertiary/aromatic N) is 1. The summed E-state index contributed by atoms with van der Waals surface area (Å²) in [6.07, 6.45) is 3.09. The van der Waals surface area contributed by atoms with Gasteiger partial charge in [0.15, 0.2) is 0 Å². The van der Waals surface area contributed by atoms with E-state index in [-0.39, 0.29) is 12.5 Å². The van der Waals surface area contributed by atoms with Gasteiger partial charge in [0.1, 0.15) is 0 Å². The summed E-state index contributed by atoms with van der Waals surface area (Å²) in [5, 5.41) is 8.50. The van der Waals surface area contributed by atoms with Crippen LogP contribution in [-0.4, -0.2) is 36.1 Å². The summed E-state index contributed by atoms with van der Waals surface area (Å²) in [6, 6.07) is 0. The Morgan fingerprint density at radius 1 is 1.42 bits per heavy atom. The summed E-state index contributed by atoms with van der Waals surface area (Å²) in [4.78, 5) is 13.0. The standard InChI is InChI=1S/C9H19NO2/c1-3-7-10(2)9(12)6-4-5-8-11/h11H,3-8H2,1-2H3. The van der Waals surface area contributed by atoms with Gasteiger partial charge in [-0.15, -0.1) is 0 Å². The average molecular weight is 173 g/mol. The molecule has 0 radical (unpaired) electrons. The number of hydrogen-bond acceptors (Lipinski definition) is 2. The molecule has 0 bridgehead atoms. The number of hydrogen-bond donors (Lipinski definition) is 1. The largest absolute Gasteiger partial charge is 0.396 e. The highest BCUT2D eigenvalue weighted by Crippen LogP contribution is 1.99. The van der Waals surface area contributed by atoms with Crippen molar-refractivity contribution in [2.45, 2.75) is 32.6 Å². The molecule has 1 amide bonds. The van der Waals surface area contributed by atoms with E-state index >= 15 is 0 Å². The first-order chi connectivity index (χ1) is 5.72. The third-order valence-electron chi connectivity index (χ3n) is 1.78. The molecule has 0 aliphatic rings. The van der Waals surface area contributed by atoms with Crippen molar-refractivity contribution in [2.75, 3.05) is 20.2 Å². The van der Waals surface area contributed by atoms with Crippen LogP contribution in [-0.2, 0) is 4.79 Å². The van der Waals surface area contributed by atoms with Crippen molar-refractivity contribution in [2.24, 2.45) is 0 Å². The Balaban J connectivity index is 3.43. The third kappa shape index (κ3) is 5.13. The van der Waals surface area contributed by atoms with Crippen LogP contribution < -0.4 is 0 Å². The molecule has 0 aromatic rings. The highest BCUT2D eigenvalue weighted by molar-refractivity contribution is 5.75. The zero-order chi connectivity index (χ0) is 9.40. The predicted molar refractivity (Wildman–Crippen MR) is 48.9 cm³/mol. The maximum absolute atomic E-state index is 11.3. The van der Waals surface area contributed by atoms with Crippen LogP contribution in [0.15, 0.2) is 0 Å². The summed E-state index contributed by atoms with van der Waals surface area (Å²) in [5.41, 5.74) is 0. The van der Waals surface area contributed by atoms with Crippen LogP contribution >= 0.6 is 0 Å². The zero-order valence-electron chi connectivity index (χ0n) is 8.05. The number of aliphatic hydroxyl groups is 1. The fourth-order valence-corrected chi connectivity index (χ4v) is 1.04. The number of amides is 1. The summed E-state index contributed by atoms with van der Waals surface area (Å²) in [5.74, 6) is 0.185. The molecule has 0 spiro atoms. The van der Waals surface area contributed by atoms with Gasteiger partial charge in [0.25, 0.3) is 0 Å². The van der Waals surface area contributed by atoms with E-state index < -0.39 is 0 Å². The van der Waals surface area contributed by atoms with Gasteiger partial charge in [-0.1, -0.05) is 6.92 Å². The number of carbonyl (C=O) groups is 1. The summed E-state index contributed by atoms with van der Waals surface area (Å²) in [6.45, 7) is 3.07. The molecule has 0 unspecified atom stereocenters. The van der Waals surface area contributed by atoms with Crippen molar-refractivity contribution in [3.05, 3.63) is 0 Å². The summed E-state index contributed by atoms with van der Waals surface area (Å²) in [7, 11) is 1.82. The first-order valence-corrected chi connectivity index (χ1v) is 4.57. The monoisotopic (exact) mass is 173 g/mol. The van der Waals surface area contributed by atoms with Gasteiger partial charge < -0.3 is 10.0 Å². The molecule has 0 saturated carbocycles. The smallest absolute Gasteiger partial charge is 0.222 e. The Morgan fingerprint density at radius 2 is 2.08 bits per heavy atom. The minimum atomic E-state index is 0.185. The van der Waals surface area contributed by atoms with Crippen LogP contribution in [0.2, 0.25) is 0 Å². The number of aliphatic hydroxyl groups excluding tert-OH is 1. The lowest BCUT2D eigenvalue weighted by atomic mass is 10.2. The molecule has 0 atom stereocenters. The van der Waals surface area contributed by atoms with E-state index in [1.54, 1.807) is 4.90 Å². The minimum Gasteiger partial charge on any atom is -0.396 e. The van der Waals surface area contributed by atoms with Crippen molar-refractivity contribution in [1.29, 1.82) is 0 Å². The van der Waals surface area contributed by atoms with Crippen molar-refractivity contribution >= 4 is 5.91 Å². The number of rotatable bonds is 6. The van der Waals surface area contributed by atoms with E-state index in [0.717, 1.165) is 25.8 Å². The molecule has 3 heteroatoms. The van der Waals surface area contributed by atoms with Crippen LogP contribution in [0, 0.1) is 0 Å². The topological polar surface area (TPSA) is 40.5 Å². The Hall–Kier alpha value is -0.570. The average Bonchev–Trinajstić information content (AvgIpc) is 2.05. The lowest BCUT2D eigenvalue weighted by molar-refractivity contribution is -0.130. The molecule has 0 heterocycles. The van der Waals surface area contributed by atoms with E-state index in [4.69, 9.17) is 5.11 Å². The molecular formula is C9H19NO2. The third-order valence-corrected chi connectivity index (χ3v) is 1.78. The summed E-state index contributed by atoms with van der Waals surface area (Å²) >= 11 is 0. The molecule has 1 N–H and O–H groups in total. The Kier molecular flexibility index (Phi) is 6.76. The zero-order valence-corrected chi connectivity index (χ0v) is 8.05. The van der Waals surface area contributed by atoms with Gasteiger partial charge in [-0.05, 0) is 19.3 Å². The molecule has 0 saturated heterocycles. The van der Waals surface area contributed by atoms with E-state index in [9.17, 15) is 4.79 Å². The lowest BCUT2D eigenvalue weighted by Crippen LogP contribution is -2.27. The van der Waals surface area contributed by atoms with Gasteiger partial charge in [-0.25, -0.2) is 0 Å². The van der Waals surface area contributed by atoms with E-state index in [1.165, 1.54) is 0 Å². The van der Waals surface area contributed by atoms with Crippen molar-refractivity contribution in [1.82, 2.24) is 4.90 Å². The van der Waals surface area contributed by atoms with Crippen LogP contribution in [0.3, 0.4) is 0 Å². The van der Waals surface area contributed by atoms with Crippen LogP contribution in [0.25, 0.3) is 0 Å². The van der Waals surface area contributed by atoms with E-state index in [0.29, 0.717) is 6.42 Å². The maximum atomic E-state index is 11.3. The molecule has 3 nitrogen and oxygen atoms in total. The van der Waals surface area contributed by atoms with Crippen LogP contribution in [0.1, 0.15) is 32.6 Å². The van der Waals surface area contributed by atoms with Crippen molar-refractivity contribution < 1.29 is 9.90 Å². The van der Waals surface area contributed by atoms with Crippen LogP contribution in [0.4, 0.5) is 0 Å². The Morgan fingerprint density at radius 3 is 2.58 bits per heavy atom. The second-order valence-corrected chi connectivity index (χ2v) is 3.00. The Bertz CT molecular complexity index is 126. The molecule has 0 aromatic carbocycles. The van der Waals surface area contributed by atoms with Crippen molar-refractivity contribution in [3.63, 3.8) is 0 Å². The molecule has 72 valence electrons. The molecule has 12 heavy (non-hydrogen) atoms. The molecule has 0 rings (SSSR count). The lowest BCUT2D eigenvalue weighted by Gasteiger charge is -2.15. The van der Waals surface area contributed by atoms with Crippen LogP contribution in [0.5, 0.6) is 0 Å². The van der Waals surface area contributed by atoms with E-state index in [2.05, 4.69) is 6.92 Å². The van der Waals surface area contributed by atoms with Gasteiger partial charge in [0.05, 0.1) is 0 Å². The van der Waals surface area contributed by atoms with Gasteiger partial charge in [-0.3, -0.25) is 4.79 Å². The van der Waals surface area contributed by atoms with Gasteiger partial charge in [0, 0.05) is 26.6 Å². The Labute approximate surface area is 74.4 Å². The second kappa shape index (κ2) is 7.10. The highest BCUT2D eigenvalue weighted by Gasteiger charge is 2.05.